The fourth-order valence-electron chi connectivity index (χ4n) is 1.69. The highest BCUT2D eigenvalue weighted by molar-refractivity contribution is 5.69. The van der Waals surface area contributed by atoms with Crippen LogP contribution in [-0.4, -0.2) is 48.4 Å². The van der Waals surface area contributed by atoms with Crippen molar-refractivity contribution in [2.45, 2.75) is 12.5 Å². The van der Waals surface area contributed by atoms with Crippen LogP contribution in [0.15, 0.2) is 0 Å². The van der Waals surface area contributed by atoms with E-state index in [1.165, 1.54) is 0 Å². The average molecular weight is 174 g/mol. The Labute approximate surface area is 69.8 Å². The maximum atomic E-state index is 12.6. The second kappa shape index (κ2) is 2.90. The Balaban J connectivity index is 1.96. The van der Waals surface area contributed by atoms with Gasteiger partial charge in [0, 0.05) is 13.1 Å². The van der Waals surface area contributed by atoms with Crippen molar-refractivity contribution in [3.63, 3.8) is 0 Å². The minimum atomic E-state index is -0.296. The molecule has 1 amide bonds. The van der Waals surface area contributed by atoms with Gasteiger partial charge in [-0.15, -0.1) is 9.60 Å². The van der Waals surface area contributed by atoms with Gasteiger partial charge in [0.1, 0.15) is 6.61 Å². The molecule has 0 spiro atoms. The molecule has 2 heterocycles. The Morgan fingerprint density at radius 2 is 2.33 bits per heavy atom. The lowest BCUT2D eigenvalue weighted by Crippen LogP contribution is -2.37. The monoisotopic (exact) mass is 174 g/mol. The Kier molecular flexibility index (Phi) is 1.88. The zero-order valence-corrected chi connectivity index (χ0v) is 6.70. The molecule has 0 aliphatic carbocycles. The molecule has 0 aromatic heterocycles. The smallest absolute Gasteiger partial charge is 0.410 e. The normalized spacial score (nSPS) is 31.2. The van der Waals surface area contributed by atoms with Gasteiger partial charge in [0.15, 0.2) is 0 Å². The number of hydrogen-bond acceptors (Lipinski definition) is 3. The van der Waals surface area contributed by atoms with Crippen molar-refractivity contribution in [1.29, 1.82) is 0 Å². The molecule has 2 rings (SSSR count). The van der Waals surface area contributed by atoms with Crippen LogP contribution in [0.3, 0.4) is 0 Å². The van der Waals surface area contributed by atoms with Crippen molar-refractivity contribution in [3.05, 3.63) is 0 Å². The Hall–Kier alpha value is -0.840. The number of nitrogens with zero attached hydrogens (tertiary/aromatic N) is 2. The Morgan fingerprint density at radius 1 is 1.50 bits per heavy atom. The van der Waals surface area contributed by atoms with Crippen LogP contribution in [0.2, 0.25) is 0 Å². The molecule has 1 unspecified atom stereocenters. The lowest BCUT2D eigenvalue weighted by Gasteiger charge is -2.19. The molecule has 0 bridgehead atoms. The standard InChI is InChI=1S/C7H11FN2O2/c8-9-2-1-6(5-9)10-3-4-12-7(10)11/h6H,1-5H2. The summed E-state index contributed by atoms with van der Waals surface area (Å²) < 4.78 is 17.4. The quantitative estimate of drug-likeness (QED) is 0.539. The third-order valence-corrected chi connectivity index (χ3v) is 2.35. The van der Waals surface area contributed by atoms with Gasteiger partial charge in [-0.2, -0.15) is 0 Å². The van der Waals surface area contributed by atoms with Crippen molar-refractivity contribution in [3.8, 4) is 0 Å². The molecule has 0 aromatic carbocycles. The molecule has 2 fully saturated rings. The van der Waals surface area contributed by atoms with Gasteiger partial charge in [0.05, 0.1) is 12.6 Å². The molecule has 1 atom stereocenters. The highest BCUT2D eigenvalue weighted by atomic mass is 19.2. The van der Waals surface area contributed by atoms with Crippen LogP contribution in [0, 0.1) is 0 Å². The van der Waals surface area contributed by atoms with Gasteiger partial charge < -0.3 is 9.64 Å². The molecule has 2 saturated heterocycles. The van der Waals surface area contributed by atoms with E-state index in [1.54, 1.807) is 4.90 Å². The van der Waals surface area contributed by atoms with E-state index < -0.39 is 0 Å². The Bertz CT molecular complexity index is 200. The number of cyclic esters (lactones) is 1. The molecule has 2 aliphatic heterocycles. The minimum Gasteiger partial charge on any atom is -0.448 e. The number of halogens is 1. The highest BCUT2D eigenvalue weighted by Crippen LogP contribution is 2.18. The summed E-state index contributed by atoms with van der Waals surface area (Å²) in [7, 11) is 0. The molecule has 0 radical (unpaired) electrons. The minimum absolute atomic E-state index is 0.0185. The van der Waals surface area contributed by atoms with Crippen LogP contribution < -0.4 is 0 Å². The molecular formula is C7H11FN2O2. The van der Waals surface area contributed by atoms with Crippen LogP contribution in [0.25, 0.3) is 0 Å². The number of hydrogen-bond donors (Lipinski definition) is 0. The van der Waals surface area contributed by atoms with Crippen molar-refractivity contribution in [1.82, 2.24) is 10.0 Å². The first-order valence-electron chi connectivity index (χ1n) is 4.11. The molecule has 5 heteroatoms. The molecule has 2 aliphatic rings. The van der Waals surface area contributed by atoms with E-state index >= 15 is 0 Å². The third kappa shape index (κ3) is 1.24. The number of ether oxygens (including phenoxy) is 1. The summed E-state index contributed by atoms with van der Waals surface area (Å²) >= 11 is 0. The molecule has 0 N–H and O–H groups in total. The number of carbonyl (C=O) groups is 1. The summed E-state index contributed by atoms with van der Waals surface area (Å²) in [6.07, 6.45) is 0.418. The van der Waals surface area contributed by atoms with Gasteiger partial charge in [0.25, 0.3) is 0 Å². The first kappa shape index (κ1) is 7.79. The van der Waals surface area contributed by atoms with E-state index in [4.69, 9.17) is 4.74 Å². The maximum absolute atomic E-state index is 12.6. The fraction of sp³-hybridized carbons (Fsp3) is 0.857. The first-order chi connectivity index (χ1) is 5.77. The lowest BCUT2D eigenvalue weighted by atomic mass is 10.2. The van der Waals surface area contributed by atoms with Gasteiger partial charge in [-0.3, -0.25) is 0 Å². The molecule has 0 aromatic rings. The lowest BCUT2D eigenvalue weighted by molar-refractivity contribution is 0.0488. The van der Waals surface area contributed by atoms with E-state index in [0.717, 1.165) is 5.12 Å². The van der Waals surface area contributed by atoms with Crippen LogP contribution in [0.5, 0.6) is 0 Å². The molecular weight excluding hydrogens is 163 g/mol. The van der Waals surface area contributed by atoms with Crippen LogP contribution in [-0.2, 0) is 4.74 Å². The number of rotatable bonds is 1. The fourth-order valence-corrected chi connectivity index (χ4v) is 1.69. The van der Waals surface area contributed by atoms with Gasteiger partial charge in [-0.25, -0.2) is 4.79 Å². The van der Waals surface area contributed by atoms with E-state index in [2.05, 4.69) is 0 Å². The summed E-state index contributed by atoms with van der Waals surface area (Å²) in [6.45, 7) is 1.81. The maximum Gasteiger partial charge on any atom is 0.410 e. The van der Waals surface area contributed by atoms with E-state index in [0.29, 0.717) is 32.7 Å². The van der Waals surface area contributed by atoms with Gasteiger partial charge >= 0.3 is 6.09 Å². The highest BCUT2D eigenvalue weighted by Gasteiger charge is 2.34. The molecule has 12 heavy (non-hydrogen) atoms. The van der Waals surface area contributed by atoms with Gasteiger partial charge in [0.2, 0.25) is 0 Å². The largest absolute Gasteiger partial charge is 0.448 e. The molecule has 4 nitrogen and oxygen atoms in total. The second-order valence-corrected chi connectivity index (χ2v) is 3.12. The summed E-state index contributed by atoms with van der Waals surface area (Å²) in [5, 5.41) is 0.746. The number of amides is 1. The van der Waals surface area contributed by atoms with E-state index in [1.807, 2.05) is 0 Å². The SMILES string of the molecule is O=C1OCCN1C1CCN(F)C1. The van der Waals surface area contributed by atoms with Gasteiger partial charge in [-0.05, 0) is 6.42 Å². The van der Waals surface area contributed by atoms with E-state index in [-0.39, 0.29) is 12.1 Å². The van der Waals surface area contributed by atoms with Crippen molar-refractivity contribution in [2.24, 2.45) is 0 Å². The molecule has 68 valence electrons. The average Bonchev–Trinajstić information content (AvgIpc) is 2.58. The zero-order chi connectivity index (χ0) is 8.55. The predicted molar refractivity (Wildman–Crippen MR) is 39.1 cm³/mol. The van der Waals surface area contributed by atoms with Crippen LogP contribution >= 0.6 is 0 Å². The van der Waals surface area contributed by atoms with Crippen LogP contribution in [0.1, 0.15) is 6.42 Å². The number of carbonyl (C=O) groups excluding carboxylic acids is 1. The predicted octanol–water partition coefficient (Wildman–Crippen LogP) is 0.397. The topological polar surface area (TPSA) is 32.8 Å². The molecule has 0 saturated carbocycles. The van der Waals surface area contributed by atoms with Crippen LogP contribution in [0.4, 0.5) is 9.28 Å². The zero-order valence-electron chi connectivity index (χ0n) is 6.70. The summed E-state index contributed by atoms with van der Waals surface area (Å²) in [6, 6.07) is 0.0185. The summed E-state index contributed by atoms with van der Waals surface area (Å²) in [4.78, 5) is 12.6. The van der Waals surface area contributed by atoms with Crippen molar-refractivity contribution in [2.75, 3.05) is 26.2 Å². The Morgan fingerprint density at radius 3 is 2.83 bits per heavy atom. The van der Waals surface area contributed by atoms with Crippen molar-refractivity contribution >= 4 is 6.09 Å². The first-order valence-corrected chi connectivity index (χ1v) is 4.11. The third-order valence-electron chi connectivity index (χ3n) is 2.35. The summed E-state index contributed by atoms with van der Waals surface area (Å²) in [5.74, 6) is 0. The second-order valence-electron chi connectivity index (χ2n) is 3.12. The van der Waals surface area contributed by atoms with E-state index in [9.17, 15) is 9.28 Å². The van der Waals surface area contributed by atoms with Crippen molar-refractivity contribution < 1.29 is 14.0 Å². The van der Waals surface area contributed by atoms with Gasteiger partial charge in [-0.1, -0.05) is 0 Å². The summed E-state index contributed by atoms with van der Waals surface area (Å²) in [5.41, 5.74) is 0.